The van der Waals surface area contributed by atoms with Crippen LogP contribution >= 0.6 is 0 Å². The molecule has 1 unspecified atom stereocenters. The smallest absolute Gasteiger partial charge is 0.0821 e. The number of hydrogen-bond donors (Lipinski definition) is 1. The van der Waals surface area contributed by atoms with Crippen LogP contribution in [0.1, 0.15) is 58.0 Å². The molecule has 4 nitrogen and oxygen atoms in total. The van der Waals surface area contributed by atoms with E-state index >= 15 is 0 Å². The summed E-state index contributed by atoms with van der Waals surface area (Å²) in [5.74, 6) is 0.584. The number of nitrogens with one attached hydrogen (secondary N) is 1. The number of aromatic nitrogens is 3. The van der Waals surface area contributed by atoms with Crippen LogP contribution in [0.3, 0.4) is 0 Å². The summed E-state index contributed by atoms with van der Waals surface area (Å²) in [7, 11) is 0. The van der Waals surface area contributed by atoms with E-state index in [2.05, 4.69) is 80.3 Å². The Bertz CT molecular complexity index is 551. The Labute approximate surface area is 128 Å². The van der Waals surface area contributed by atoms with E-state index in [-0.39, 0.29) is 0 Å². The van der Waals surface area contributed by atoms with Gasteiger partial charge >= 0.3 is 0 Å². The van der Waals surface area contributed by atoms with E-state index in [0.717, 1.165) is 18.8 Å². The number of nitrogens with zero attached hydrogens (tertiary/aromatic N) is 3. The molecular weight excluding hydrogens is 260 g/mol. The summed E-state index contributed by atoms with van der Waals surface area (Å²) in [6.45, 7) is 12.8. The summed E-state index contributed by atoms with van der Waals surface area (Å²) in [6.07, 6.45) is 6.44. The normalized spacial score (nSPS) is 13.3. The zero-order chi connectivity index (χ0) is 15.4. The molecule has 0 aromatic carbocycles. The van der Waals surface area contributed by atoms with Gasteiger partial charge in [-0.25, -0.2) is 0 Å². The molecule has 2 heterocycles. The SMILES string of the molecule is CCNC(c1ccn(Cc2ccn(C(C)C)n2)c1)C(C)C. The standard InChI is InChI=1S/C17H28N4/c1-6-18-17(13(2)3)15-7-9-20(11-15)12-16-8-10-21(19-16)14(4)5/h7-11,13-14,17-18H,6,12H2,1-5H3. The van der Waals surface area contributed by atoms with Gasteiger partial charge in [-0.3, -0.25) is 4.68 Å². The van der Waals surface area contributed by atoms with Gasteiger partial charge in [0.05, 0.1) is 12.2 Å². The third-order valence-electron chi connectivity index (χ3n) is 3.76. The van der Waals surface area contributed by atoms with Gasteiger partial charge in [0.1, 0.15) is 0 Å². The van der Waals surface area contributed by atoms with Crippen molar-refractivity contribution >= 4 is 0 Å². The Morgan fingerprint density at radius 1 is 1.14 bits per heavy atom. The molecule has 0 aliphatic heterocycles. The van der Waals surface area contributed by atoms with Crippen molar-refractivity contribution in [2.75, 3.05) is 6.54 Å². The molecule has 0 saturated heterocycles. The third-order valence-corrected chi connectivity index (χ3v) is 3.76. The van der Waals surface area contributed by atoms with Crippen molar-refractivity contribution in [1.29, 1.82) is 0 Å². The van der Waals surface area contributed by atoms with Crippen LogP contribution in [0.5, 0.6) is 0 Å². The highest BCUT2D eigenvalue weighted by molar-refractivity contribution is 5.17. The zero-order valence-electron chi connectivity index (χ0n) is 13.9. The van der Waals surface area contributed by atoms with Gasteiger partial charge in [-0.1, -0.05) is 20.8 Å². The molecule has 0 amide bonds. The molecule has 2 aromatic rings. The topological polar surface area (TPSA) is 34.8 Å². The molecule has 0 spiro atoms. The average Bonchev–Trinajstić information content (AvgIpc) is 3.05. The van der Waals surface area contributed by atoms with E-state index in [0.29, 0.717) is 18.0 Å². The molecule has 4 heteroatoms. The first kappa shape index (κ1) is 15.8. The lowest BCUT2D eigenvalue weighted by Gasteiger charge is -2.20. The van der Waals surface area contributed by atoms with E-state index in [9.17, 15) is 0 Å². The van der Waals surface area contributed by atoms with E-state index in [1.807, 2.05) is 4.68 Å². The lowest BCUT2D eigenvalue weighted by Crippen LogP contribution is -2.25. The van der Waals surface area contributed by atoms with Crippen molar-refractivity contribution in [2.45, 2.75) is 53.2 Å². The van der Waals surface area contributed by atoms with Crippen LogP contribution in [0.15, 0.2) is 30.7 Å². The summed E-state index contributed by atoms with van der Waals surface area (Å²) in [6, 6.07) is 5.15. The first-order valence-electron chi connectivity index (χ1n) is 7.94. The molecule has 0 aliphatic rings. The maximum atomic E-state index is 4.61. The second kappa shape index (κ2) is 6.94. The third kappa shape index (κ3) is 3.97. The van der Waals surface area contributed by atoms with Crippen molar-refractivity contribution in [3.63, 3.8) is 0 Å². The fourth-order valence-electron chi connectivity index (χ4n) is 2.64. The minimum absolute atomic E-state index is 0.415. The van der Waals surface area contributed by atoms with Crippen LogP contribution in [-0.4, -0.2) is 20.9 Å². The van der Waals surface area contributed by atoms with Crippen LogP contribution in [0, 0.1) is 5.92 Å². The number of hydrogen-bond acceptors (Lipinski definition) is 2. The Morgan fingerprint density at radius 2 is 1.90 bits per heavy atom. The van der Waals surface area contributed by atoms with Gasteiger partial charge in [0.2, 0.25) is 0 Å². The monoisotopic (exact) mass is 288 g/mol. The minimum atomic E-state index is 0.415. The van der Waals surface area contributed by atoms with Gasteiger partial charge < -0.3 is 9.88 Å². The van der Waals surface area contributed by atoms with Gasteiger partial charge in [-0.05, 0) is 44.0 Å². The van der Waals surface area contributed by atoms with Crippen LogP contribution in [0.4, 0.5) is 0 Å². The second-order valence-electron chi connectivity index (χ2n) is 6.28. The lowest BCUT2D eigenvalue weighted by atomic mass is 9.98. The second-order valence-corrected chi connectivity index (χ2v) is 6.28. The molecule has 21 heavy (non-hydrogen) atoms. The van der Waals surface area contributed by atoms with Crippen LogP contribution < -0.4 is 5.32 Å². The molecule has 2 aromatic heterocycles. The van der Waals surface area contributed by atoms with Crippen LogP contribution in [0.2, 0.25) is 0 Å². The van der Waals surface area contributed by atoms with Gasteiger partial charge in [0, 0.05) is 30.7 Å². The minimum Gasteiger partial charge on any atom is -0.348 e. The maximum absolute atomic E-state index is 4.61. The fraction of sp³-hybridized carbons (Fsp3) is 0.588. The summed E-state index contributed by atoms with van der Waals surface area (Å²) < 4.78 is 4.23. The van der Waals surface area contributed by atoms with Gasteiger partial charge in [0.15, 0.2) is 0 Å². The molecule has 1 N–H and O–H groups in total. The van der Waals surface area contributed by atoms with Crippen molar-refractivity contribution in [3.05, 3.63) is 42.0 Å². The zero-order valence-corrected chi connectivity index (χ0v) is 13.9. The van der Waals surface area contributed by atoms with Gasteiger partial charge in [-0.15, -0.1) is 0 Å². The highest BCUT2D eigenvalue weighted by atomic mass is 15.3. The van der Waals surface area contributed by atoms with E-state index in [1.165, 1.54) is 5.56 Å². The van der Waals surface area contributed by atoms with Crippen LogP contribution in [-0.2, 0) is 6.54 Å². The average molecular weight is 288 g/mol. The molecule has 0 radical (unpaired) electrons. The maximum Gasteiger partial charge on any atom is 0.0821 e. The summed E-state index contributed by atoms with van der Waals surface area (Å²) >= 11 is 0. The summed E-state index contributed by atoms with van der Waals surface area (Å²) in [4.78, 5) is 0. The molecule has 116 valence electrons. The Balaban J connectivity index is 2.08. The van der Waals surface area contributed by atoms with Crippen molar-refractivity contribution in [3.8, 4) is 0 Å². The molecule has 0 fully saturated rings. The quantitative estimate of drug-likeness (QED) is 0.844. The van der Waals surface area contributed by atoms with Crippen molar-refractivity contribution in [1.82, 2.24) is 19.7 Å². The predicted molar refractivity (Wildman–Crippen MR) is 87.4 cm³/mol. The summed E-state index contributed by atoms with van der Waals surface area (Å²) in [5.41, 5.74) is 2.46. The lowest BCUT2D eigenvalue weighted by molar-refractivity contribution is 0.421. The Hall–Kier alpha value is -1.55. The molecule has 2 rings (SSSR count). The summed E-state index contributed by atoms with van der Waals surface area (Å²) in [5, 5.41) is 8.17. The number of rotatable bonds is 7. The van der Waals surface area contributed by atoms with Crippen LogP contribution in [0.25, 0.3) is 0 Å². The molecular formula is C17H28N4. The van der Waals surface area contributed by atoms with E-state index < -0.39 is 0 Å². The molecule has 0 bridgehead atoms. The first-order valence-corrected chi connectivity index (χ1v) is 7.94. The fourth-order valence-corrected chi connectivity index (χ4v) is 2.64. The van der Waals surface area contributed by atoms with E-state index in [1.54, 1.807) is 0 Å². The Morgan fingerprint density at radius 3 is 2.48 bits per heavy atom. The van der Waals surface area contributed by atoms with Crippen molar-refractivity contribution in [2.24, 2.45) is 5.92 Å². The highest BCUT2D eigenvalue weighted by Crippen LogP contribution is 2.22. The highest BCUT2D eigenvalue weighted by Gasteiger charge is 2.15. The van der Waals surface area contributed by atoms with Gasteiger partial charge in [0.25, 0.3) is 0 Å². The largest absolute Gasteiger partial charge is 0.348 e. The van der Waals surface area contributed by atoms with Crippen molar-refractivity contribution < 1.29 is 0 Å². The predicted octanol–water partition coefficient (Wildman–Crippen LogP) is 3.62. The molecule has 0 aliphatic carbocycles. The van der Waals surface area contributed by atoms with E-state index in [4.69, 9.17) is 0 Å². The molecule has 0 saturated carbocycles. The Kier molecular flexibility index (Phi) is 5.23. The molecule has 1 atom stereocenters. The van der Waals surface area contributed by atoms with Gasteiger partial charge in [-0.2, -0.15) is 5.10 Å². The first-order chi connectivity index (χ1) is 10.0.